The number of ether oxygens (including phenoxy) is 2. The van der Waals surface area contributed by atoms with Crippen LogP contribution >= 0.6 is 7.82 Å². The number of hydrogen-bond donors (Lipinski definition) is 0. The molecule has 0 aromatic rings. The first-order chi connectivity index (χ1) is 29.6. The quantitative estimate of drug-likeness (QED) is 0.0197. The Bertz CT molecular complexity index is 1070. The highest BCUT2D eigenvalue weighted by Gasteiger charge is 2.20. The number of nitrogens with zero attached hydrogens (tertiary/aromatic N) is 1. The van der Waals surface area contributed by atoms with Gasteiger partial charge in [0.05, 0.1) is 34.4 Å². The van der Waals surface area contributed by atoms with Crippen molar-refractivity contribution in [2.75, 3.05) is 54.1 Å². The van der Waals surface area contributed by atoms with Crippen molar-refractivity contribution in [1.82, 2.24) is 0 Å². The topological polar surface area (TPSA) is 94.1 Å². The van der Waals surface area contributed by atoms with E-state index in [4.69, 9.17) is 18.5 Å². The maximum Gasteiger partial charge on any atom is 0.306 e. The number of phosphoric acid groups is 1. The van der Waals surface area contributed by atoms with Gasteiger partial charge in [-0.1, -0.05) is 192 Å². The molecule has 9 heteroatoms. The summed E-state index contributed by atoms with van der Waals surface area (Å²) in [5.41, 5.74) is 0. The highest BCUT2D eigenvalue weighted by Crippen LogP contribution is 2.38. The molecule has 0 radical (unpaired) electrons. The molecule has 0 aliphatic carbocycles. The summed E-state index contributed by atoms with van der Waals surface area (Å²) in [6, 6.07) is 0. The van der Waals surface area contributed by atoms with Crippen LogP contribution in [-0.2, 0) is 27.9 Å². The fourth-order valence-electron chi connectivity index (χ4n) is 7.16. The van der Waals surface area contributed by atoms with Gasteiger partial charge in [0, 0.05) is 13.0 Å². The smallest absolute Gasteiger partial charge is 0.306 e. The van der Waals surface area contributed by atoms with Gasteiger partial charge in [0.1, 0.15) is 19.3 Å². The molecule has 0 saturated carbocycles. The summed E-state index contributed by atoms with van der Waals surface area (Å²) < 4.78 is 34.7. The van der Waals surface area contributed by atoms with Crippen LogP contribution in [0.1, 0.15) is 232 Å². The van der Waals surface area contributed by atoms with E-state index < -0.39 is 13.9 Å². The molecule has 0 aromatic carbocycles. The average molecular weight is 882 g/mol. The third-order valence-electron chi connectivity index (χ3n) is 11.2. The minimum absolute atomic E-state index is 0.0250. The van der Waals surface area contributed by atoms with Crippen molar-refractivity contribution in [1.29, 1.82) is 0 Å². The molecule has 0 heterocycles. The molecule has 61 heavy (non-hydrogen) atoms. The number of quaternary nitrogens is 1. The fraction of sp³-hybridized carbons (Fsp3) is 0.865. The minimum Gasteiger partial charge on any atom is -0.756 e. The van der Waals surface area contributed by atoms with Crippen molar-refractivity contribution in [3.63, 3.8) is 0 Å². The SMILES string of the molecule is CCCCCCC/C=C\C/C=C\CCCCCCCCCCCC(=O)OC(COCCCCCCCCCC/C=C\CCCCCCCC)COP(=O)([O-])OCC[N+](C)(C)C. The van der Waals surface area contributed by atoms with Crippen molar-refractivity contribution in [2.45, 2.75) is 238 Å². The number of carbonyl (C=O) groups excluding carboxylic acids is 1. The Labute approximate surface area is 378 Å². The van der Waals surface area contributed by atoms with E-state index >= 15 is 0 Å². The molecule has 2 atom stereocenters. The molecule has 8 nitrogen and oxygen atoms in total. The molecule has 2 unspecified atom stereocenters. The highest BCUT2D eigenvalue weighted by atomic mass is 31.2. The summed E-state index contributed by atoms with van der Waals surface area (Å²) in [4.78, 5) is 25.2. The lowest BCUT2D eigenvalue weighted by Crippen LogP contribution is -2.37. The maximum atomic E-state index is 12.7. The molecule has 0 rings (SSSR count). The third-order valence-corrected chi connectivity index (χ3v) is 12.1. The van der Waals surface area contributed by atoms with E-state index in [2.05, 4.69) is 50.3 Å². The van der Waals surface area contributed by atoms with Crippen LogP contribution < -0.4 is 4.89 Å². The largest absolute Gasteiger partial charge is 0.756 e. The first-order valence-corrected chi connectivity index (χ1v) is 27.2. The van der Waals surface area contributed by atoms with Crippen LogP contribution in [0.3, 0.4) is 0 Å². The van der Waals surface area contributed by atoms with E-state index in [-0.39, 0.29) is 25.8 Å². The monoisotopic (exact) mass is 882 g/mol. The molecule has 0 aliphatic heterocycles. The van der Waals surface area contributed by atoms with E-state index in [0.717, 1.165) is 38.5 Å². The predicted molar refractivity (Wildman–Crippen MR) is 259 cm³/mol. The maximum absolute atomic E-state index is 12.7. The van der Waals surface area contributed by atoms with Gasteiger partial charge in [-0.15, -0.1) is 0 Å². The molecule has 0 bridgehead atoms. The molecule has 0 saturated heterocycles. The predicted octanol–water partition coefficient (Wildman–Crippen LogP) is 15.1. The molecule has 0 spiro atoms. The van der Waals surface area contributed by atoms with E-state index in [9.17, 15) is 14.3 Å². The minimum atomic E-state index is -4.53. The average Bonchev–Trinajstić information content (AvgIpc) is 3.22. The van der Waals surface area contributed by atoms with Crippen LogP contribution in [0.15, 0.2) is 36.5 Å². The number of likely N-dealkylation sites (N-methyl/N-ethyl adjacent to an activating group) is 1. The number of carbonyl (C=O) groups is 1. The van der Waals surface area contributed by atoms with Crippen LogP contribution in [0.2, 0.25) is 0 Å². The van der Waals surface area contributed by atoms with Crippen LogP contribution in [-0.4, -0.2) is 70.7 Å². The van der Waals surface area contributed by atoms with Gasteiger partial charge < -0.3 is 27.9 Å². The molecular formula is C52H100NO7P. The Kier molecular flexibility index (Phi) is 44.3. The summed E-state index contributed by atoms with van der Waals surface area (Å²) in [6.07, 6.45) is 54.5. The van der Waals surface area contributed by atoms with Gasteiger partial charge in [0.2, 0.25) is 0 Å². The number of unbranched alkanes of at least 4 members (excludes halogenated alkanes) is 28. The number of esters is 1. The van der Waals surface area contributed by atoms with Gasteiger partial charge in [0.15, 0.2) is 0 Å². The van der Waals surface area contributed by atoms with Gasteiger partial charge in [-0.25, -0.2) is 0 Å². The van der Waals surface area contributed by atoms with Crippen molar-refractivity contribution in [2.24, 2.45) is 0 Å². The molecule has 0 N–H and O–H groups in total. The van der Waals surface area contributed by atoms with Crippen LogP contribution in [0.25, 0.3) is 0 Å². The molecule has 360 valence electrons. The Hall–Kier alpha value is -1.28. The molecule has 0 fully saturated rings. The standard InChI is InChI=1S/C52H100NO7P/c1-6-8-10-12-14-16-18-20-22-24-26-27-28-29-31-33-35-37-39-41-43-45-52(54)60-51(50-59-61(55,56)58-48-46-53(3,4)5)49-57-47-44-42-40-38-36-34-32-30-25-23-21-19-17-15-13-11-9-7-2/h18,20-21,23-24,26,51H,6-17,19,22,25,27-50H2,1-5H3/b20-18-,23-21-,26-24-. The Balaban J connectivity index is 4.15. The molecule has 0 aliphatic rings. The van der Waals surface area contributed by atoms with Crippen molar-refractivity contribution < 1.29 is 37.3 Å². The summed E-state index contributed by atoms with van der Waals surface area (Å²) in [6.45, 7) is 5.42. The van der Waals surface area contributed by atoms with Crippen LogP contribution in [0.5, 0.6) is 0 Å². The zero-order valence-electron chi connectivity index (χ0n) is 40.9. The molecular weight excluding hydrogens is 782 g/mol. The second-order valence-corrected chi connectivity index (χ2v) is 19.9. The Morgan fingerprint density at radius 1 is 0.508 bits per heavy atom. The van der Waals surface area contributed by atoms with Gasteiger partial charge >= 0.3 is 5.97 Å². The van der Waals surface area contributed by atoms with Crippen molar-refractivity contribution in [3.8, 4) is 0 Å². The lowest BCUT2D eigenvalue weighted by Gasteiger charge is -2.28. The van der Waals surface area contributed by atoms with E-state index in [1.165, 1.54) is 173 Å². The van der Waals surface area contributed by atoms with Crippen molar-refractivity contribution >= 4 is 13.8 Å². The summed E-state index contributed by atoms with van der Waals surface area (Å²) in [7, 11) is 1.36. The van der Waals surface area contributed by atoms with E-state index in [0.29, 0.717) is 24.1 Å². The van der Waals surface area contributed by atoms with Crippen molar-refractivity contribution in [3.05, 3.63) is 36.5 Å². The third kappa shape index (κ3) is 49.6. The molecule has 0 amide bonds. The Morgan fingerprint density at radius 3 is 1.34 bits per heavy atom. The van der Waals surface area contributed by atoms with Crippen LogP contribution in [0, 0.1) is 0 Å². The molecule has 0 aromatic heterocycles. The normalized spacial score (nSPS) is 13.9. The number of phosphoric ester groups is 1. The highest BCUT2D eigenvalue weighted by molar-refractivity contribution is 7.45. The van der Waals surface area contributed by atoms with Gasteiger partial charge in [-0.3, -0.25) is 9.36 Å². The van der Waals surface area contributed by atoms with Gasteiger partial charge in [-0.05, 0) is 70.6 Å². The number of hydrogen-bond acceptors (Lipinski definition) is 7. The van der Waals surface area contributed by atoms with Gasteiger partial charge in [-0.2, -0.15) is 0 Å². The van der Waals surface area contributed by atoms with E-state index in [1.54, 1.807) is 0 Å². The Morgan fingerprint density at radius 2 is 0.902 bits per heavy atom. The number of allylic oxidation sites excluding steroid dienone is 6. The summed E-state index contributed by atoms with van der Waals surface area (Å²) in [5, 5.41) is 0. The lowest BCUT2D eigenvalue weighted by atomic mass is 10.1. The second-order valence-electron chi connectivity index (χ2n) is 18.5. The van der Waals surface area contributed by atoms with E-state index in [1.807, 2.05) is 21.1 Å². The van der Waals surface area contributed by atoms with Crippen LogP contribution in [0.4, 0.5) is 0 Å². The fourth-order valence-corrected chi connectivity index (χ4v) is 7.89. The zero-order valence-corrected chi connectivity index (χ0v) is 41.8. The second kappa shape index (κ2) is 45.3. The lowest BCUT2D eigenvalue weighted by molar-refractivity contribution is -0.870. The number of rotatable bonds is 48. The first-order valence-electron chi connectivity index (χ1n) is 25.7. The first kappa shape index (κ1) is 59.7. The zero-order chi connectivity index (χ0) is 44.8. The summed E-state index contributed by atoms with van der Waals surface area (Å²) in [5.74, 6) is -0.337. The summed E-state index contributed by atoms with van der Waals surface area (Å²) >= 11 is 0. The van der Waals surface area contributed by atoms with Gasteiger partial charge in [0.25, 0.3) is 7.82 Å².